The Morgan fingerprint density at radius 1 is 1.17 bits per heavy atom. The summed E-state index contributed by atoms with van der Waals surface area (Å²) in [6, 6.07) is 10.9. The predicted octanol–water partition coefficient (Wildman–Crippen LogP) is 3.11. The van der Waals surface area contributed by atoms with Crippen LogP contribution in [0, 0.1) is 0 Å². The molecule has 0 saturated carbocycles. The van der Waals surface area contributed by atoms with Gasteiger partial charge >= 0.3 is 85.7 Å². The van der Waals surface area contributed by atoms with Crippen molar-refractivity contribution in [3.05, 3.63) is 35.9 Å². The minimum atomic E-state index is -0.0540. The van der Waals surface area contributed by atoms with Crippen LogP contribution < -0.4 is 0 Å². The summed E-state index contributed by atoms with van der Waals surface area (Å²) in [5.74, 6) is 0. The van der Waals surface area contributed by atoms with Crippen molar-refractivity contribution < 1.29 is 0 Å². The van der Waals surface area contributed by atoms with E-state index in [-0.39, 0.29) is 21.1 Å². The van der Waals surface area contributed by atoms with Gasteiger partial charge in [-0.05, 0) is 0 Å². The first kappa shape index (κ1) is 10.1. The van der Waals surface area contributed by atoms with E-state index in [0.717, 1.165) is 0 Å². The van der Waals surface area contributed by atoms with Gasteiger partial charge in [-0.2, -0.15) is 0 Å². The third kappa shape index (κ3) is 4.15. The van der Waals surface area contributed by atoms with Gasteiger partial charge in [-0.1, -0.05) is 0 Å². The fourth-order valence-electron chi connectivity index (χ4n) is 1.13. The molecule has 0 aliphatic carbocycles. The van der Waals surface area contributed by atoms with E-state index < -0.39 is 0 Å². The summed E-state index contributed by atoms with van der Waals surface area (Å²) < 4.78 is 2.97. The maximum atomic E-state index is 2.28. The van der Waals surface area contributed by atoms with Crippen LogP contribution in [0.3, 0.4) is 0 Å². The van der Waals surface area contributed by atoms with Crippen molar-refractivity contribution in [1.82, 2.24) is 0 Å². The molecule has 1 rings (SSSR count). The summed E-state index contributed by atoms with van der Waals surface area (Å²) in [5, 5.41) is 0. The topological polar surface area (TPSA) is 0 Å². The molecule has 1 aromatic rings. The van der Waals surface area contributed by atoms with Crippen LogP contribution in [-0.2, 0) is 4.44 Å². The number of benzene rings is 1. The molecule has 1 heteroatoms. The van der Waals surface area contributed by atoms with Gasteiger partial charge in [0.15, 0.2) is 0 Å². The molecule has 0 N–H and O–H groups in total. The van der Waals surface area contributed by atoms with Gasteiger partial charge in [-0.25, -0.2) is 0 Å². The SMILES string of the molecule is CCC[CH2][Sn][CH2]c1ccccc1. The summed E-state index contributed by atoms with van der Waals surface area (Å²) in [7, 11) is 0. The predicted molar refractivity (Wildman–Crippen MR) is 55.6 cm³/mol. The molecule has 0 amide bonds. The molecular formula is C11H16Sn. The Morgan fingerprint density at radius 2 is 1.92 bits per heavy atom. The van der Waals surface area contributed by atoms with E-state index >= 15 is 0 Å². The molecule has 0 unspecified atom stereocenters. The first-order chi connectivity index (χ1) is 5.93. The second kappa shape index (κ2) is 6.53. The fourth-order valence-corrected chi connectivity index (χ4v) is 4.85. The zero-order chi connectivity index (χ0) is 8.65. The molecule has 0 fully saturated rings. The zero-order valence-electron chi connectivity index (χ0n) is 7.72. The van der Waals surface area contributed by atoms with Crippen molar-refractivity contribution in [3.63, 3.8) is 0 Å². The molecule has 64 valence electrons. The fraction of sp³-hybridized carbons (Fsp3) is 0.455. The normalized spacial score (nSPS) is 10.1. The van der Waals surface area contributed by atoms with Gasteiger partial charge in [0.2, 0.25) is 0 Å². The monoisotopic (exact) mass is 268 g/mol. The molecule has 0 aliphatic rings. The van der Waals surface area contributed by atoms with E-state index in [2.05, 4.69) is 37.3 Å². The Balaban J connectivity index is 2.16. The molecule has 12 heavy (non-hydrogen) atoms. The second-order valence-corrected chi connectivity index (χ2v) is 6.88. The Morgan fingerprint density at radius 3 is 2.58 bits per heavy atom. The summed E-state index contributed by atoms with van der Waals surface area (Å²) in [5.41, 5.74) is 1.56. The van der Waals surface area contributed by atoms with Gasteiger partial charge in [0, 0.05) is 0 Å². The van der Waals surface area contributed by atoms with Crippen LogP contribution >= 0.6 is 0 Å². The number of unbranched alkanes of at least 4 members (excludes halogenated alkanes) is 1. The van der Waals surface area contributed by atoms with Crippen LogP contribution in [-0.4, -0.2) is 21.1 Å². The quantitative estimate of drug-likeness (QED) is 0.568. The van der Waals surface area contributed by atoms with Crippen molar-refractivity contribution in [2.75, 3.05) is 0 Å². The van der Waals surface area contributed by atoms with E-state index in [4.69, 9.17) is 0 Å². The molecule has 0 aliphatic heterocycles. The van der Waals surface area contributed by atoms with Crippen LogP contribution in [0.25, 0.3) is 0 Å². The van der Waals surface area contributed by atoms with Crippen molar-refractivity contribution >= 4 is 21.1 Å². The van der Waals surface area contributed by atoms with Gasteiger partial charge in [0.05, 0.1) is 0 Å². The Hall–Kier alpha value is 0.0187. The molecule has 0 saturated heterocycles. The van der Waals surface area contributed by atoms with Gasteiger partial charge in [-0.15, -0.1) is 0 Å². The van der Waals surface area contributed by atoms with Gasteiger partial charge < -0.3 is 0 Å². The Kier molecular flexibility index (Phi) is 5.49. The van der Waals surface area contributed by atoms with Crippen molar-refractivity contribution in [2.24, 2.45) is 0 Å². The number of hydrogen-bond donors (Lipinski definition) is 0. The van der Waals surface area contributed by atoms with Crippen LogP contribution in [0.2, 0.25) is 4.44 Å². The molecule has 1 aromatic carbocycles. The number of rotatable bonds is 5. The third-order valence-corrected chi connectivity index (χ3v) is 5.78. The summed E-state index contributed by atoms with van der Waals surface area (Å²) in [4.78, 5) is 0. The third-order valence-electron chi connectivity index (χ3n) is 1.88. The zero-order valence-corrected chi connectivity index (χ0v) is 10.6. The molecular weight excluding hydrogens is 251 g/mol. The average molecular weight is 267 g/mol. The average Bonchev–Trinajstić information content (AvgIpc) is 2.14. The van der Waals surface area contributed by atoms with E-state index in [1.54, 1.807) is 10.0 Å². The maximum absolute atomic E-state index is 2.28. The summed E-state index contributed by atoms with van der Waals surface area (Å²) in [6.07, 6.45) is 2.83. The summed E-state index contributed by atoms with van der Waals surface area (Å²) in [6.45, 7) is 2.28. The number of hydrogen-bond acceptors (Lipinski definition) is 0. The van der Waals surface area contributed by atoms with Crippen LogP contribution in [0.1, 0.15) is 25.3 Å². The first-order valence-corrected chi connectivity index (χ1v) is 8.71. The molecule has 0 spiro atoms. The molecule has 0 heterocycles. The van der Waals surface area contributed by atoms with E-state index in [0.29, 0.717) is 0 Å². The van der Waals surface area contributed by atoms with Crippen LogP contribution in [0.5, 0.6) is 0 Å². The first-order valence-electron chi connectivity index (χ1n) is 4.68. The second-order valence-electron chi connectivity index (χ2n) is 3.02. The molecule has 0 aromatic heterocycles. The van der Waals surface area contributed by atoms with Crippen molar-refractivity contribution in [1.29, 1.82) is 0 Å². The van der Waals surface area contributed by atoms with E-state index in [1.165, 1.54) is 17.3 Å². The molecule has 2 radical (unpaired) electrons. The minimum absolute atomic E-state index is 0.0540. The molecule has 0 bridgehead atoms. The Bertz CT molecular complexity index is 193. The van der Waals surface area contributed by atoms with E-state index in [9.17, 15) is 0 Å². The van der Waals surface area contributed by atoms with Gasteiger partial charge in [0.1, 0.15) is 0 Å². The molecule has 0 atom stereocenters. The van der Waals surface area contributed by atoms with Crippen molar-refractivity contribution in [3.8, 4) is 0 Å². The van der Waals surface area contributed by atoms with Gasteiger partial charge in [0.25, 0.3) is 0 Å². The van der Waals surface area contributed by atoms with E-state index in [1.807, 2.05) is 0 Å². The summed E-state index contributed by atoms with van der Waals surface area (Å²) >= 11 is -0.0540. The standard InChI is InChI=1S/C7H7.C4H9.Sn/c1-7-5-3-2-4-6-7;1-3-4-2;/h2-6H,1H2;1,3-4H2,2H3;. The van der Waals surface area contributed by atoms with Crippen LogP contribution in [0.4, 0.5) is 0 Å². The molecule has 0 nitrogen and oxygen atoms in total. The Labute approximate surface area is 85.6 Å². The van der Waals surface area contributed by atoms with Crippen LogP contribution in [0.15, 0.2) is 30.3 Å². The van der Waals surface area contributed by atoms with Crippen molar-refractivity contribution in [2.45, 2.75) is 28.6 Å². The van der Waals surface area contributed by atoms with Gasteiger partial charge in [-0.3, -0.25) is 0 Å².